The van der Waals surface area contributed by atoms with Gasteiger partial charge < -0.3 is 4.90 Å². The number of hydrogen-bond acceptors (Lipinski definition) is 3. The van der Waals surface area contributed by atoms with E-state index >= 15 is 0 Å². The van der Waals surface area contributed by atoms with Gasteiger partial charge in [0.05, 0.1) is 4.90 Å². The fourth-order valence-corrected chi connectivity index (χ4v) is 4.79. The van der Waals surface area contributed by atoms with Crippen LogP contribution in [-0.4, -0.2) is 32.2 Å². The number of amides is 1. The molecule has 0 radical (unpaired) electrons. The smallest absolute Gasteiger partial charge is 0.243 e. The SMILES string of the molecule is CC(=O)N1CCCc2cc(S(=O)(=O)N(C)[C@@H](C)c3ccc(F)cc3)ccc21. The number of halogens is 1. The molecule has 1 aliphatic heterocycles. The largest absolute Gasteiger partial charge is 0.312 e. The van der Waals surface area contributed by atoms with Crippen LogP contribution in [0.4, 0.5) is 10.1 Å². The lowest BCUT2D eigenvalue weighted by atomic mass is 10.0. The quantitative estimate of drug-likeness (QED) is 0.803. The number of fused-ring (bicyclic) bond motifs is 1. The lowest BCUT2D eigenvalue weighted by Crippen LogP contribution is -2.34. The minimum absolute atomic E-state index is 0.0476. The van der Waals surface area contributed by atoms with E-state index in [4.69, 9.17) is 0 Å². The molecule has 0 unspecified atom stereocenters. The summed E-state index contributed by atoms with van der Waals surface area (Å²) >= 11 is 0. The molecule has 27 heavy (non-hydrogen) atoms. The van der Waals surface area contributed by atoms with Gasteiger partial charge >= 0.3 is 0 Å². The highest BCUT2D eigenvalue weighted by atomic mass is 32.2. The van der Waals surface area contributed by atoms with E-state index in [0.29, 0.717) is 12.1 Å². The molecule has 0 spiro atoms. The molecule has 0 fully saturated rings. The zero-order valence-electron chi connectivity index (χ0n) is 15.6. The molecule has 0 N–H and O–H groups in total. The zero-order valence-corrected chi connectivity index (χ0v) is 16.5. The van der Waals surface area contributed by atoms with Gasteiger partial charge in [-0.2, -0.15) is 4.31 Å². The van der Waals surface area contributed by atoms with Crippen LogP contribution in [0.3, 0.4) is 0 Å². The maximum absolute atomic E-state index is 13.1. The van der Waals surface area contributed by atoms with Crippen LogP contribution in [0.2, 0.25) is 0 Å². The van der Waals surface area contributed by atoms with Gasteiger partial charge in [0.15, 0.2) is 0 Å². The number of anilines is 1. The van der Waals surface area contributed by atoms with Gasteiger partial charge in [0.25, 0.3) is 0 Å². The van der Waals surface area contributed by atoms with Crippen LogP contribution < -0.4 is 4.90 Å². The summed E-state index contributed by atoms with van der Waals surface area (Å²) in [5.74, 6) is -0.408. The van der Waals surface area contributed by atoms with Gasteiger partial charge in [-0.15, -0.1) is 0 Å². The maximum atomic E-state index is 13.1. The van der Waals surface area contributed by atoms with Gasteiger partial charge in [-0.25, -0.2) is 12.8 Å². The van der Waals surface area contributed by atoms with E-state index in [0.717, 1.165) is 24.1 Å². The molecule has 2 aromatic carbocycles. The molecule has 0 aromatic heterocycles. The predicted molar refractivity (Wildman–Crippen MR) is 103 cm³/mol. The molecule has 2 aromatic rings. The first-order valence-electron chi connectivity index (χ1n) is 8.86. The molecule has 3 rings (SSSR count). The molecule has 7 heteroatoms. The van der Waals surface area contributed by atoms with Gasteiger partial charge in [-0.05, 0) is 61.2 Å². The van der Waals surface area contributed by atoms with Crippen molar-refractivity contribution < 1.29 is 17.6 Å². The van der Waals surface area contributed by atoms with E-state index in [9.17, 15) is 17.6 Å². The molecule has 0 bridgehead atoms. The van der Waals surface area contributed by atoms with Crippen molar-refractivity contribution in [3.63, 3.8) is 0 Å². The normalized spacial score (nSPS) is 15.5. The molecule has 1 atom stereocenters. The van der Waals surface area contributed by atoms with E-state index in [1.54, 1.807) is 42.2 Å². The Balaban J connectivity index is 1.92. The first-order valence-corrected chi connectivity index (χ1v) is 10.3. The van der Waals surface area contributed by atoms with Crippen LogP contribution in [0.25, 0.3) is 0 Å². The van der Waals surface area contributed by atoms with Crippen molar-refractivity contribution in [3.8, 4) is 0 Å². The molecular weight excluding hydrogens is 367 g/mol. The summed E-state index contributed by atoms with van der Waals surface area (Å²) in [5.41, 5.74) is 2.35. The molecule has 1 amide bonds. The fourth-order valence-electron chi connectivity index (χ4n) is 3.39. The number of hydrogen-bond donors (Lipinski definition) is 0. The second-order valence-electron chi connectivity index (χ2n) is 6.81. The highest BCUT2D eigenvalue weighted by Crippen LogP contribution is 2.32. The highest BCUT2D eigenvalue weighted by molar-refractivity contribution is 7.89. The molecule has 144 valence electrons. The topological polar surface area (TPSA) is 57.7 Å². The Kier molecular flexibility index (Phi) is 5.35. The van der Waals surface area contributed by atoms with Crippen LogP contribution in [0.1, 0.15) is 37.4 Å². The minimum Gasteiger partial charge on any atom is -0.312 e. The van der Waals surface area contributed by atoms with Crippen LogP contribution in [-0.2, 0) is 21.2 Å². The van der Waals surface area contributed by atoms with Crippen molar-refractivity contribution in [2.75, 3.05) is 18.5 Å². The van der Waals surface area contributed by atoms with E-state index in [-0.39, 0.29) is 16.6 Å². The van der Waals surface area contributed by atoms with E-state index in [1.165, 1.54) is 30.4 Å². The minimum atomic E-state index is -3.73. The summed E-state index contributed by atoms with van der Waals surface area (Å²) in [5, 5.41) is 0. The average Bonchev–Trinajstić information content (AvgIpc) is 2.66. The fraction of sp³-hybridized carbons (Fsp3) is 0.350. The number of aryl methyl sites for hydroxylation is 1. The molecule has 0 saturated carbocycles. The second-order valence-corrected chi connectivity index (χ2v) is 8.81. The Morgan fingerprint density at radius 1 is 1.19 bits per heavy atom. The van der Waals surface area contributed by atoms with Gasteiger partial charge in [0.2, 0.25) is 15.9 Å². The third kappa shape index (κ3) is 3.75. The van der Waals surface area contributed by atoms with Crippen molar-refractivity contribution in [1.29, 1.82) is 0 Å². The lowest BCUT2D eigenvalue weighted by molar-refractivity contribution is -0.116. The highest BCUT2D eigenvalue weighted by Gasteiger charge is 2.28. The van der Waals surface area contributed by atoms with Crippen molar-refractivity contribution in [3.05, 3.63) is 59.4 Å². The molecule has 1 heterocycles. The van der Waals surface area contributed by atoms with Gasteiger partial charge in [-0.1, -0.05) is 12.1 Å². The molecule has 0 aliphatic carbocycles. The molecule has 5 nitrogen and oxygen atoms in total. The maximum Gasteiger partial charge on any atom is 0.243 e. The predicted octanol–water partition coefficient (Wildman–Crippen LogP) is 3.51. The lowest BCUT2D eigenvalue weighted by Gasteiger charge is -2.30. The van der Waals surface area contributed by atoms with Gasteiger partial charge in [-0.3, -0.25) is 4.79 Å². The van der Waals surface area contributed by atoms with Crippen LogP contribution >= 0.6 is 0 Å². The van der Waals surface area contributed by atoms with Crippen molar-refractivity contribution in [2.45, 2.75) is 37.6 Å². The number of benzene rings is 2. The number of sulfonamides is 1. The summed E-state index contributed by atoms with van der Waals surface area (Å²) < 4.78 is 40.6. The summed E-state index contributed by atoms with van der Waals surface area (Å²) in [4.78, 5) is 13.7. The number of nitrogens with zero attached hydrogens (tertiary/aromatic N) is 2. The van der Waals surface area contributed by atoms with Gasteiger partial charge in [0.1, 0.15) is 5.82 Å². The summed E-state index contributed by atoms with van der Waals surface area (Å²) in [6.07, 6.45) is 1.54. The van der Waals surface area contributed by atoms with Crippen molar-refractivity contribution >= 4 is 21.6 Å². The number of rotatable bonds is 4. The number of carbonyl (C=O) groups excluding carboxylic acids is 1. The summed E-state index contributed by atoms with van der Waals surface area (Å²) in [6, 6.07) is 10.3. The Hall–Kier alpha value is -2.25. The van der Waals surface area contributed by atoms with E-state index in [2.05, 4.69) is 0 Å². The Morgan fingerprint density at radius 2 is 1.85 bits per heavy atom. The zero-order chi connectivity index (χ0) is 19.8. The summed E-state index contributed by atoms with van der Waals surface area (Å²) in [7, 11) is -2.21. The van der Waals surface area contributed by atoms with Crippen molar-refractivity contribution in [1.82, 2.24) is 4.31 Å². The van der Waals surface area contributed by atoms with Crippen molar-refractivity contribution in [2.24, 2.45) is 0 Å². The van der Waals surface area contributed by atoms with Crippen LogP contribution in [0.5, 0.6) is 0 Å². The molecule has 0 saturated heterocycles. The van der Waals surface area contributed by atoms with Crippen LogP contribution in [0, 0.1) is 5.82 Å². The van der Waals surface area contributed by atoms with E-state index < -0.39 is 16.1 Å². The second kappa shape index (κ2) is 7.40. The Morgan fingerprint density at radius 3 is 2.48 bits per heavy atom. The third-order valence-electron chi connectivity index (χ3n) is 5.12. The third-order valence-corrected chi connectivity index (χ3v) is 7.05. The van der Waals surface area contributed by atoms with Gasteiger partial charge in [0, 0.05) is 32.2 Å². The molecular formula is C20H23FN2O3S. The monoisotopic (exact) mass is 390 g/mol. The standard InChI is InChI=1S/C20H23FN2O3S/c1-14(16-6-8-18(21)9-7-16)22(3)27(25,26)19-10-11-20-17(13-19)5-4-12-23(20)15(2)24/h6-11,13-14H,4-5,12H2,1-3H3/t14-/m0/s1. The summed E-state index contributed by atoms with van der Waals surface area (Å²) in [6.45, 7) is 3.93. The Bertz CT molecular complexity index is 958. The molecule has 1 aliphatic rings. The number of carbonyl (C=O) groups is 1. The van der Waals surface area contributed by atoms with Crippen LogP contribution in [0.15, 0.2) is 47.4 Å². The first-order chi connectivity index (χ1) is 12.7. The average molecular weight is 390 g/mol. The van der Waals surface area contributed by atoms with E-state index in [1.807, 2.05) is 0 Å². The Labute approximate surface area is 159 Å². The first kappa shape index (κ1) is 19.5.